The number of nitrogens with zero attached hydrogens (tertiary/aromatic N) is 3. The predicted octanol–water partition coefficient (Wildman–Crippen LogP) is 2.77. The molecular weight excluding hydrogens is 270 g/mol. The Labute approximate surface area is 122 Å². The number of rotatable bonds is 4. The van der Waals surface area contributed by atoms with E-state index in [0.717, 1.165) is 18.7 Å². The van der Waals surface area contributed by atoms with Gasteiger partial charge in [-0.3, -0.25) is 5.43 Å². The first kappa shape index (κ1) is 12.9. The highest BCUT2D eigenvalue weighted by molar-refractivity contribution is 7.14. The van der Waals surface area contributed by atoms with Crippen molar-refractivity contribution in [3.63, 3.8) is 0 Å². The quantitative estimate of drug-likeness (QED) is 0.670. The zero-order valence-corrected chi connectivity index (χ0v) is 11.9. The highest BCUT2D eigenvalue weighted by atomic mass is 32.1. The van der Waals surface area contributed by atoms with Gasteiger partial charge in [-0.1, -0.05) is 12.1 Å². The summed E-state index contributed by atoms with van der Waals surface area (Å²) < 4.78 is 0. The van der Waals surface area contributed by atoms with E-state index in [0.29, 0.717) is 10.9 Å². The third-order valence-electron chi connectivity index (χ3n) is 3.24. The largest absolute Gasteiger partial charge is 0.383 e. The third-order valence-corrected chi connectivity index (χ3v) is 4.00. The maximum absolute atomic E-state index is 5.55. The fraction of sp³-hybridized carbons (Fsp3) is 0.286. The summed E-state index contributed by atoms with van der Waals surface area (Å²) in [7, 11) is 0. The van der Waals surface area contributed by atoms with Crippen molar-refractivity contribution in [1.82, 2.24) is 4.98 Å². The number of aromatic nitrogens is 1. The van der Waals surface area contributed by atoms with Crippen LogP contribution in [-0.4, -0.2) is 24.3 Å². The van der Waals surface area contributed by atoms with E-state index >= 15 is 0 Å². The first-order valence-corrected chi connectivity index (χ1v) is 7.54. The molecule has 0 bridgehead atoms. The number of benzene rings is 1. The molecule has 2 aromatic rings. The third kappa shape index (κ3) is 3.08. The van der Waals surface area contributed by atoms with Gasteiger partial charge in [-0.2, -0.15) is 5.10 Å². The molecule has 0 aliphatic carbocycles. The Morgan fingerprint density at radius 3 is 2.95 bits per heavy atom. The highest BCUT2D eigenvalue weighted by Crippen LogP contribution is 2.20. The van der Waals surface area contributed by atoms with Crippen molar-refractivity contribution in [3.8, 4) is 0 Å². The minimum atomic E-state index is 0.517. The van der Waals surface area contributed by atoms with Gasteiger partial charge in [0.15, 0.2) is 0 Å². The van der Waals surface area contributed by atoms with Crippen LogP contribution in [0.25, 0.3) is 0 Å². The molecule has 1 aromatic heterocycles. The summed E-state index contributed by atoms with van der Waals surface area (Å²) >= 11 is 1.44. The number of nitrogens with one attached hydrogen (secondary N) is 1. The molecule has 104 valence electrons. The summed E-state index contributed by atoms with van der Waals surface area (Å²) in [4.78, 5) is 6.49. The van der Waals surface area contributed by atoms with Crippen LogP contribution in [0.4, 0.5) is 16.6 Å². The second-order valence-electron chi connectivity index (χ2n) is 4.74. The fourth-order valence-electron chi connectivity index (χ4n) is 2.28. The van der Waals surface area contributed by atoms with Crippen molar-refractivity contribution in [2.75, 3.05) is 29.1 Å². The second kappa shape index (κ2) is 5.92. The van der Waals surface area contributed by atoms with Crippen molar-refractivity contribution in [1.29, 1.82) is 0 Å². The van der Waals surface area contributed by atoms with E-state index in [1.54, 1.807) is 11.6 Å². The highest BCUT2D eigenvalue weighted by Gasteiger charge is 2.11. The van der Waals surface area contributed by atoms with Crippen molar-refractivity contribution < 1.29 is 0 Å². The lowest BCUT2D eigenvalue weighted by molar-refractivity contribution is 0.949. The smallest absolute Gasteiger partial charge is 0.205 e. The number of nitrogen functional groups attached to an aromatic ring is 1. The van der Waals surface area contributed by atoms with E-state index in [4.69, 9.17) is 5.73 Å². The molecule has 1 fully saturated rings. The first-order chi connectivity index (χ1) is 9.81. The number of hydrogen-bond acceptors (Lipinski definition) is 6. The van der Waals surface area contributed by atoms with Crippen LogP contribution < -0.4 is 16.1 Å². The van der Waals surface area contributed by atoms with Gasteiger partial charge in [0.05, 0.1) is 6.21 Å². The van der Waals surface area contributed by atoms with Crippen molar-refractivity contribution >= 4 is 34.2 Å². The fourth-order valence-corrected chi connectivity index (χ4v) is 2.83. The molecule has 1 aliphatic heterocycles. The van der Waals surface area contributed by atoms with Crippen LogP contribution in [-0.2, 0) is 0 Å². The second-order valence-corrected chi connectivity index (χ2v) is 5.59. The van der Waals surface area contributed by atoms with E-state index in [2.05, 4.69) is 38.6 Å². The summed E-state index contributed by atoms with van der Waals surface area (Å²) in [6.07, 6.45) is 4.37. The number of thiazole rings is 1. The summed E-state index contributed by atoms with van der Waals surface area (Å²) in [5.41, 5.74) is 10.8. The molecule has 2 heterocycles. The average molecular weight is 287 g/mol. The molecule has 0 unspecified atom stereocenters. The van der Waals surface area contributed by atoms with Crippen LogP contribution in [0, 0.1) is 0 Å². The van der Waals surface area contributed by atoms with Gasteiger partial charge in [-0.15, -0.1) is 11.3 Å². The van der Waals surface area contributed by atoms with Gasteiger partial charge in [-0.05, 0) is 30.5 Å². The zero-order chi connectivity index (χ0) is 13.8. The Bertz CT molecular complexity index is 601. The lowest BCUT2D eigenvalue weighted by atomic mass is 10.2. The molecule has 3 rings (SSSR count). The van der Waals surface area contributed by atoms with E-state index < -0.39 is 0 Å². The Morgan fingerprint density at radius 2 is 2.20 bits per heavy atom. The molecule has 3 N–H and O–H groups in total. The number of hydrazone groups is 1. The molecule has 0 atom stereocenters. The van der Waals surface area contributed by atoms with E-state index in [1.165, 1.54) is 29.9 Å². The van der Waals surface area contributed by atoms with Gasteiger partial charge in [0, 0.05) is 24.2 Å². The maximum Gasteiger partial charge on any atom is 0.205 e. The molecule has 20 heavy (non-hydrogen) atoms. The van der Waals surface area contributed by atoms with Crippen LogP contribution in [0.15, 0.2) is 34.7 Å². The summed E-state index contributed by atoms with van der Waals surface area (Å²) in [5.74, 6) is 0.517. The van der Waals surface area contributed by atoms with Gasteiger partial charge in [0.2, 0.25) is 5.13 Å². The van der Waals surface area contributed by atoms with Gasteiger partial charge in [-0.25, -0.2) is 4.98 Å². The van der Waals surface area contributed by atoms with Crippen molar-refractivity contribution in [3.05, 3.63) is 35.2 Å². The minimum Gasteiger partial charge on any atom is -0.383 e. The topological polar surface area (TPSA) is 66.5 Å². The van der Waals surface area contributed by atoms with Crippen molar-refractivity contribution in [2.45, 2.75) is 12.8 Å². The van der Waals surface area contributed by atoms with E-state index in [9.17, 15) is 0 Å². The monoisotopic (exact) mass is 287 g/mol. The predicted molar refractivity (Wildman–Crippen MR) is 85.6 cm³/mol. The van der Waals surface area contributed by atoms with Gasteiger partial charge >= 0.3 is 0 Å². The lowest BCUT2D eigenvalue weighted by Crippen LogP contribution is -2.17. The summed E-state index contributed by atoms with van der Waals surface area (Å²) in [5, 5.41) is 6.68. The number of nitrogens with two attached hydrogens (primary N) is 1. The van der Waals surface area contributed by atoms with Gasteiger partial charge in [0.25, 0.3) is 0 Å². The van der Waals surface area contributed by atoms with Crippen LogP contribution >= 0.6 is 11.3 Å². The standard InChI is InChI=1S/C14H17N5S/c15-13-10-20-14(17-13)18-16-9-11-4-3-5-12(8-11)19-6-1-2-7-19/h3-5,8-10H,1-2,6-7,15H2,(H,17,18). The molecule has 0 saturated carbocycles. The van der Waals surface area contributed by atoms with Crippen LogP contribution in [0.3, 0.4) is 0 Å². The van der Waals surface area contributed by atoms with E-state index in [1.807, 2.05) is 6.07 Å². The summed E-state index contributed by atoms with van der Waals surface area (Å²) in [6, 6.07) is 8.42. The Hall–Kier alpha value is -2.08. The molecule has 6 heteroatoms. The molecule has 1 aliphatic rings. The zero-order valence-electron chi connectivity index (χ0n) is 11.1. The molecule has 0 radical (unpaired) electrons. The average Bonchev–Trinajstić information content (AvgIpc) is 3.11. The SMILES string of the molecule is Nc1csc(NN=Cc2cccc(N3CCCC3)c2)n1. The Morgan fingerprint density at radius 1 is 1.35 bits per heavy atom. The van der Waals surface area contributed by atoms with Crippen LogP contribution in [0.1, 0.15) is 18.4 Å². The minimum absolute atomic E-state index is 0.517. The van der Waals surface area contributed by atoms with Gasteiger partial charge in [0.1, 0.15) is 5.82 Å². The van der Waals surface area contributed by atoms with Crippen molar-refractivity contribution in [2.24, 2.45) is 5.10 Å². The number of hydrogen-bond donors (Lipinski definition) is 2. The van der Waals surface area contributed by atoms with Gasteiger partial charge < -0.3 is 10.6 Å². The molecule has 1 saturated heterocycles. The molecule has 1 aromatic carbocycles. The first-order valence-electron chi connectivity index (χ1n) is 6.66. The van der Waals surface area contributed by atoms with E-state index in [-0.39, 0.29) is 0 Å². The Kier molecular flexibility index (Phi) is 3.83. The molecule has 0 amide bonds. The maximum atomic E-state index is 5.55. The Balaban J connectivity index is 1.66. The number of anilines is 3. The lowest BCUT2D eigenvalue weighted by Gasteiger charge is -2.17. The van der Waals surface area contributed by atoms with Crippen LogP contribution in [0.5, 0.6) is 0 Å². The molecule has 5 nitrogen and oxygen atoms in total. The molecule has 0 spiro atoms. The summed E-state index contributed by atoms with van der Waals surface area (Å²) in [6.45, 7) is 2.30. The van der Waals surface area contributed by atoms with Crippen LogP contribution in [0.2, 0.25) is 0 Å². The normalized spacial score (nSPS) is 15.1. The molecular formula is C14H17N5S.